The molecular formula is C13H14F3N3O. The third kappa shape index (κ3) is 2.98. The van der Waals surface area contributed by atoms with Crippen LogP contribution in [0.2, 0.25) is 0 Å². The van der Waals surface area contributed by atoms with Gasteiger partial charge < -0.3 is 5.11 Å². The maximum absolute atomic E-state index is 12.3. The van der Waals surface area contributed by atoms with Gasteiger partial charge in [0, 0.05) is 24.2 Å². The largest absolute Gasteiger partial charge is 0.394 e. The van der Waals surface area contributed by atoms with E-state index in [-0.39, 0.29) is 12.1 Å². The van der Waals surface area contributed by atoms with Gasteiger partial charge in [-0.1, -0.05) is 6.92 Å². The first-order chi connectivity index (χ1) is 9.35. The van der Waals surface area contributed by atoms with E-state index in [1.807, 2.05) is 0 Å². The number of rotatable bonds is 4. The molecule has 20 heavy (non-hydrogen) atoms. The Morgan fingerprint density at radius 3 is 2.40 bits per heavy atom. The fourth-order valence-corrected chi connectivity index (χ4v) is 1.98. The van der Waals surface area contributed by atoms with E-state index < -0.39 is 18.3 Å². The van der Waals surface area contributed by atoms with Crippen molar-refractivity contribution in [2.24, 2.45) is 0 Å². The summed E-state index contributed by atoms with van der Waals surface area (Å²) < 4.78 is 38.2. The number of halogens is 3. The number of pyridine rings is 1. The lowest BCUT2D eigenvalue weighted by atomic mass is 10.0. The van der Waals surface area contributed by atoms with Crippen molar-refractivity contribution in [1.82, 2.24) is 14.8 Å². The molecule has 1 unspecified atom stereocenters. The second-order valence-corrected chi connectivity index (χ2v) is 4.45. The van der Waals surface area contributed by atoms with Crippen LogP contribution in [0.4, 0.5) is 13.2 Å². The number of hydrogen-bond acceptors (Lipinski definition) is 3. The molecule has 0 saturated heterocycles. The minimum atomic E-state index is -4.32. The van der Waals surface area contributed by atoms with Crippen LogP contribution in [-0.2, 0) is 12.1 Å². The lowest BCUT2D eigenvalue weighted by Gasteiger charge is -2.27. The first-order valence-corrected chi connectivity index (χ1v) is 6.10. The Kier molecular flexibility index (Phi) is 3.80. The molecule has 0 aromatic carbocycles. The first-order valence-electron chi connectivity index (χ1n) is 6.10. The summed E-state index contributed by atoms with van der Waals surface area (Å²) in [6.07, 6.45) is -0.794. The van der Waals surface area contributed by atoms with Gasteiger partial charge in [-0.15, -0.1) is 0 Å². The second kappa shape index (κ2) is 5.24. The molecule has 2 aromatic rings. The number of nitrogens with zero attached hydrogens (tertiary/aromatic N) is 3. The molecule has 0 radical (unpaired) electrons. The van der Waals surface area contributed by atoms with E-state index in [4.69, 9.17) is 0 Å². The smallest absolute Gasteiger partial charge is 0.365 e. The zero-order valence-corrected chi connectivity index (χ0v) is 10.8. The summed E-state index contributed by atoms with van der Waals surface area (Å²) in [5.41, 5.74) is -1.08. The van der Waals surface area contributed by atoms with Gasteiger partial charge in [-0.05, 0) is 24.6 Å². The molecule has 2 rings (SSSR count). The van der Waals surface area contributed by atoms with Crippen LogP contribution in [0.25, 0.3) is 0 Å². The maximum Gasteiger partial charge on any atom is 0.394 e. The van der Waals surface area contributed by atoms with Crippen LogP contribution in [0.3, 0.4) is 0 Å². The summed E-state index contributed by atoms with van der Waals surface area (Å²) in [7, 11) is 0. The van der Waals surface area contributed by atoms with Crippen LogP contribution in [0.1, 0.15) is 24.6 Å². The minimum absolute atomic E-state index is 0.126. The molecule has 2 heterocycles. The normalized spacial score (nSPS) is 15.1. The fraction of sp³-hybridized carbons (Fsp3) is 0.385. The van der Waals surface area contributed by atoms with Crippen molar-refractivity contribution >= 4 is 0 Å². The number of aliphatic hydroxyl groups is 1. The van der Waals surface area contributed by atoms with Gasteiger partial charge in [0.2, 0.25) is 0 Å². The number of alkyl halides is 3. The SMILES string of the molecule is CCC(O)(c1ccncc1)n1ccc(CC(F)(F)F)n1. The molecule has 0 amide bonds. The summed E-state index contributed by atoms with van der Waals surface area (Å²) in [4.78, 5) is 3.85. The van der Waals surface area contributed by atoms with Crippen molar-refractivity contribution in [2.45, 2.75) is 31.7 Å². The quantitative estimate of drug-likeness (QED) is 0.939. The minimum Gasteiger partial charge on any atom is -0.365 e. The Morgan fingerprint density at radius 2 is 1.85 bits per heavy atom. The highest BCUT2D eigenvalue weighted by Gasteiger charge is 2.33. The third-order valence-corrected chi connectivity index (χ3v) is 3.04. The van der Waals surface area contributed by atoms with Gasteiger partial charge in [-0.2, -0.15) is 18.3 Å². The molecule has 0 fully saturated rings. The Bertz CT molecular complexity index is 568. The summed E-state index contributed by atoms with van der Waals surface area (Å²) in [6, 6.07) is 4.47. The fourth-order valence-electron chi connectivity index (χ4n) is 1.98. The number of aromatic nitrogens is 3. The molecule has 0 aliphatic heterocycles. The van der Waals surface area contributed by atoms with Gasteiger partial charge >= 0.3 is 6.18 Å². The van der Waals surface area contributed by atoms with E-state index in [2.05, 4.69) is 10.1 Å². The Labute approximate surface area is 113 Å². The van der Waals surface area contributed by atoms with Gasteiger partial charge in [-0.3, -0.25) is 4.98 Å². The molecule has 0 saturated carbocycles. The molecule has 0 bridgehead atoms. The van der Waals surface area contributed by atoms with Crippen molar-refractivity contribution in [3.05, 3.63) is 48.0 Å². The van der Waals surface area contributed by atoms with Crippen LogP contribution in [-0.4, -0.2) is 26.0 Å². The topological polar surface area (TPSA) is 50.9 Å². The van der Waals surface area contributed by atoms with Gasteiger partial charge in [0.1, 0.15) is 0 Å². The maximum atomic E-state index is 12.3. The van der Waals surface area contributed by atoms with Crippen LogP contribution in [0.5, 0.6) is 0 Å². The van der Waals surface area contributed by atoms with Crippen molar-refractivity contribution < 1.29 is 18.3 Å². The molecule has 0 aliphatic rings. The Hall–Kier alpha value is -1.89. The van der Waals surface area contributed by atoms with E-state index in [1.165, 1.54) is 24.7 Å². The Morgan fingerprint density at radius 1 is 1.20 bits per heavy atom. The van der Waals surface area contributed by atoms with Gasteiger partial charge in [0.15, 0.2) is 5.72 Å². The molecule has 4 nitrogen and oxygen atoms in total. The van der Waals surface area contributed by atoms with Gasteiger partial charge in [0.05, 0.1) is 12.1 Å². The third-order valence-electron chi connectivity index (χ3n) is 3.04. The molecule has 0 aliphatic carbocycles. The highest BCUT2D eigenvalue weighted by atomic mass is 19.4. The summed E-state index contributed by atoms with van der Waals surface area (Å²) in [5, 5.41) is 14.5. The van der Waals surface area contributed by atoms with E-state index in [0.717, 1.165) is 4.68 Å². The van der Waals surface area contributed by atoms with E-state index in [0.29, 0.717) is 5.56 Å². The average Bonchev–Trinajstić information content (AvgIpc) is 2.85. The van der Waals surface area contributed by atoms with Crippen molar-refractivity contribution in [2.75, 3.05) is 0 Å². The van der Waals surface area contributed by atoms with E-state index >= 15 is 0 Å². The number of hydrogen-bond donors (Lipinski definition) is 1. The molecule has 0 spiro atoms. The highest BCUT2D eigenvalue weighted by Crippen LogP contribution is 2.27. The molecule has 7 heteroatoms. The average molecular weight is 285 g/mol. The summed E-state index contributed by atoms with van der Waals surface area (Å²) in [5.74, 6) is 0. The van der Waals surface area contributed by atoms with E-state index in [1.54, 1.807) is 19.1 Å². The predicted octanol–water partition coefficient (Wildman–Crippen LogP) is 2.49. The van der Waals surface area contributed by atoms with Crippen molar-refractivity contribution in [3.8, 4) is 0 Å². The van der Waals surface area contributed by atoms with Gasteiger partial charge in [-0.25, -0.2) is 4.68 Å². The lowest BCUT2D eigenvalue weighted by molar-refractivity contribution is -0.128. The van der Waals surface area contributed by atoms with Crippen LogP contribution >= 0.6 is 0 Å². The molecule has 2 aromatic heterocycles. The zero-order valence-electron chi connectivity index (χ0n) is 10.8. The van der Waals surface area contributed by atoms with Crippen LogP contribution in [0.15, 0.2) is 36.8 Å². The molecule has 108 valence electrons. The monoisotopic (exact) mass is 285 g/mol. The molecule has 1 atom stereocenters. The predicted molar refractivity (Wildman–Crippen MR) is 65.8 cm³/mol. The van der Waals surface area contributed by atoms with Crippen LogP contribution < -0.4 is 0 Å². The van der Waals surface area contributed by atoms with Crippen molar-refractivity contribution in [1.29, 1.82) is 0 Å². The summed E-state index contributed by atoms with van der Waals surface area (Å²) in [6.45, 7) is 1.73. The lowest BCUT2D eigenvalue weighted by Crippen LogP contribution is -2.34. The Balaban J connectivity index is 2.33. The zero-order chi connectivity index (χ0) is 14.8. The standard InChI is InChI=1S/C13H14F3N3O/c1-2-12(20,10-3-6-17-7-4-10)19-8-5-11(18-19)9-13(14,15)16/h3-8,20H,2,9H2,1H3. The van der Waals surface area contributed by atoms with E-state index in [9.17, 15) is 18.3 Å². The van der Waals surface area contributed by atoms with Crippen molar-refractivity contribution in [3.63, 3.8) is 0 Å². The molecular weight excluding hydrogens is 271 g/mol. The van der Waals surface area contributed by atoms with Gasteiger partial charge in [0.25, 0.3) is 0 Å². The molecule has 1 N–H and O–H groups in total. The second-order valence-electron chi connectivity index (χ2n) is 4.45. The van der Waals surface area contributed by atoms with Crippen LogP contribution in [0, 0.1) is 0 Å². The highest BCUT2D eigenvalue weighted by molar-refractivity contribution is 5.19. The first kappa shape index (κ1) is 14.5. The summed E-state index contributed by atoms with van der Waals surface area (Å²) >= 11 is 0.